The van der Waals surface area contributed by atoms with E-state index in [1.165, 1.54) is 0 Å². The van der Waals surface area contributed by atoms with Crippen LogP contribution in [0.2, 0.25) is 0 Å². The summed E-state index contributed by atoms with van der Waals surface area (Å²) in [6, 6.07) is 0. The molecular weight excluding hydrogens is 191 g/mol. The average Bonchev–Trinajstić information content (AvgIpc) is 1.69. The van der Waals surface area contributed by atoms with Gasteiger partial charge in [-0.1, -0.05) is 6.92 Å². The van der Waals surface area contributed by atoms with E-state index in [2.05, 4.69) is 0 Å². The molecule has 0 unspecified atom stereocenters. The summed E-state index contributed by atoms with van der Waals surface area (Å²) in [4.78, 5) is 17.7. The second-order valence-electron chi connectivity index (χ2n) is 0.853. The molecule has 0 fully saturated rings. The maximum atomic E-state index is 9.37. The molecule has 0 heterocycles. The van der Waals surface area contributed by atoms with E-state index in [0.717, 1.165) is 0 Å². The van der Waals surface area contributed by atoms with Gasteiger partial charge in [-0.05, 0) is 0 Å². The standard InChI is InChI=1S/C3H6O2.CH2O2.Ca.K.3H/c1-2-3(4)5;2-1-3;;;;;/h2H2,1H3,(H,4,5);1H,(H,2,3);;;;;. The van der Waals surface area contributed by atoms with Crippen LogP contribution >= 0.6 is 0 Å². The Kier molecular flexibility index (Phi) is 50.8. The van der Waals surface area contributed by atoms with Crippen molar-refractivity contribution in [2.45, 2.75) is 13.3 Å². The van der Waals surface area contributed by atoms with Gasteiger partial charge in [-0.2, -0.15) is 0 Å². The van der Waals surface area contributed by atoms with Crippen LogP contribution < -0.4 is 0 Å². The summed E-state index contributed by atoms with van der Waals surface area (Å²) in [7, 11) is 0. The number of hydrogen-bond donors (Lipinski definition) is 2. The summed E-state index contributed by atoms with van der Waals surface area (Å²) in [6.45, 7) is 1.35. The number of carboxylic acids is 1. The van der Waals surface area contributed by atoms with Crippen molar-refractivity contribution in [1.82, 2.24) is 0 Å². The number of aliphatic carboxylic acids is 1. The van der Waals surface area contributed by atoms with Crippen molar-refractivity contribution in [2.75, 3.05) is 0 Å². The van der Waals surface area contributed by atoms with Gasteiger partial charge in [0, 0.05) is 6.42 Å². The van der Waals surface area contributed by atoms with Crippen LogP contribution in [-0.4, -0.2) is 112 Å². The molecule has 0 saturated heterocycles. The van der Waals surface area contributed by atoms with Gasteiger partial charge < -0.3 is 10.2 Å². The molecule has 54 valence electrons. The number of carboxylic acid groups (broad SMARTS) is 2. The average molecular weight is 202 g/mol. The van der Waals surface area contributed by atoms with Gasteiger partial charge in [0.1, 0.15) is 0 Å². The molecule has 0 aromatic rings. The monoisotopic (exact) mass is 202 g/mol. The minimum atomic E-state index is -0.745. The molecule has 0 rings (SSSR count). The molecule has 0 aliphatic carbocycles. The fourth-order valence-corrected chi connectivity index (χ4v) is 0. The SMILES string of the molecule is CCC(=O)O.O=CO.[CaH2].[KH]. The normalized spacial score (nSPS) is 4.90. The van der Waals surface area contributed by atoms with E-state index in [1.54, 1.807) is 6.92 Å². The van der Waals surface area contributed by atoms with E-state index in [9.17, 15) is 4.79 Å². The second-order valence-corrected chi connectivity index (χ2v) is 0.853. The minimum absolute atomic E-state index is 0. The predicted octanol–water partition coefficient (Wildman–Crippen LogP) is -1.38. The van der Waals surface area contributed by atoms with E-state index < -0.39 is 5.97 Å². The van der Waals surface area contributed by atoms with Gasteiger partial charge >= 0.3 is 95.1 Å². The zero-order valence-corrected chi connectivity index (χ0v) is 4.50. The maximum absolute atomic E-state index is 9.37. The Bertz CT molecular complexity index is 77.7. The Morgan fingerprint density at radius 3 is 1.70 bits per heavy atom. The third-order valence-electron chi connectivity index (χ3n) is 0.302. The number of carbonyl (C=O) groups is 2. The van der Waals surface area contributed by atoms with Gasteiger partial charge in [0.2, 0.25) is 0 Å². The van der Waals surface area contributed by atoms with Crippen LogP contribution in [0, 0.1) is 0 Å². The third kappa shape index (κ3) is 52.2. The van der Waals surface area contributed by atoms with Crippen LogP contribution in [0.25, 0.3) is 0 Å². The molecule has 0 aromatic heterocycles. The van der Waals surface area contributed by atoms with E-state index in [4.69, 9.17) is 15.0 Å². The third-order valence-corrected chi connectivity index (χ3v) is 0.302. The Morgan fingerprint density at radius 1 is 1.60 bits per heavy atom. The zero-order valence-electron chi connectivity index (χ0n) is 4.50. The molecule has 4 nitrogen and oxygen atoms in total. The molecule has 0 aliphatic heterocycles. The molecular formula is C4H11CaKO4. The van der Waals surface area contributed by atoms with Crippen molar-refractivity contribution in [2.24, 2.45) is 0 Å². The Balaban J connectivity index is -0.0000000326. The number of hydrogen-bond acceptors (Lipinski definition) is 2. The summed E-state index contributed by atoms with van der Waals surface area (Å²) >= 11 is 0. The fraction of sp³-hybridized carbons (Fsp3) is 0.500. The summed E-state index contributed by atoms with van der Waals surface area (Å²) in [5.74, 6) is -0.745. The van der Waals surface area contributed by atoms with Crippen molar-refractivity contribution in [3.8, 4) is 0 Å². The van der Waals surface area contributed by atoms with Crippen LogP contribution in [0.15, 0.2) is 0 Å². The molecule has 6 heteroatoms. The van der Waals surface area contributed by atoms with Crippen LogP contribution in [-0.2, 0) is 9.59 Å². The molecule has 10 heavy (non-hydrogen) atoms. The fourth-order valence-electron chi connectivity index (χ4n) is 0. The van der Waals surface area contributed by atoms with Gasteiger partial charge in [-0.3, -0.25) is 9.59 Å². The van der Waals surface area contributed by atoms with Gasteiger partial charge in [0.15, 0.2) is 0 Å². The van der Waals surface area contributed by atoms with E-state index in [0.29, 0.717) is 0 Å². The van der Waals surface area contributed by atoms with Gasteiger partial charge in [0.05, 0.1) is 0 Å². The van der Waals surface area contributed by atoms with Gasteiger partial charge in [0.25, 0.3) is 6.47 Å². The van der Waals surface area contributed by atoms with Crippen LogP contribution in [0.5, 0.6) is 0 Å². The second kappa shape index (κ2) is 22.4. The Morgan fingerprint density at radius 2 is 1.70 bits per heavy atom. The summed E-state index contributed by atoms with van der Waals surface area (Å²) in [5, 5.41) is 14.6. The van der Waals surface area contributed by atoms with Crippen molar-refractivity contribution in [3.05, 3.63) is 0 Å². The Labute approximate surface area is 132 Å². The molecule has 0 bridgehead atoms. The molecule has 0 aliphatic rings. The summed E-state index contributed by atoms with van der Waals surface area (Å²) in [6.07, 6.45) is 0.222. The predicted molar refractivity (Wildman–Crippen MR) is 42.3 cm³/mol. The Hall–Kier alpha value is 1.84. The zero-order chi connectivity index (χ0) is 6.99. The summed E-state index contributed by atoms with van der Waals surface area (Å²) < 4.78 is 0. The van der Waals surface area contributed by atoms with E-state index in [1.807, 2.05) is 0 Å². The number of rotatable bonds is 1. The molecule has 0 aromatic carbocycles. The van der Waals surface area contributed by atoms with Crippen LogP contribution in [0.4, 0.5) is 0 Å². The molecule has 0 saturated carbocycles. The van der Waals surface area contributed by atoms with Crippen molar-refractivity contribution < 1.29 is 19.8 Å². The van der Waals surface area contributed by atoms with E-state index in [-0.39, 0.29) is 102 Å². The summed E-state index contributed by atoms with van der Waals surface area (Å²) in [5.41, 5.74) is 0. The topological polar surface area (TPSA) is 74.6 Å². The van der Waals surface area contributed by atoms with Crippen molar-refractivity contribution >= 4 is 102 Å². The van der Waals surface area contributed by atoms with Gasteiger partial charge in [-0.15, -0.1) is 0 Å². The first-order valence-corrected chi connectivity index (χ1v) is 1.98. The van der Waals surface area contributed by atoms with Crippen molar-refractivity contribution in [1.29, 1.82) is 0 Å². The quantitative estimate of drug-likeness (QED) is 0.406. The van der Waals surface area contributed by atoms with Gasteiger partial charge in [-0.25, -0.2) is 0 Å². The van der Waals surface area contributed by atoms with Crippen molar-refractivity contribution in [3.63, 3.8) is 0 Å². The first kappa shape index (κ1) is 22.6. The van der Waals surface area contributed by atoms with Crippen LogP contribution in [0.3, 0.4) is 0 Å². The molecule has 0 amide bonds. The molecule has 0 atom stereocenters. The molecule has 2 N–H and O–H groups in total. The molecule has 0 spiro atoms. The van der Waals surface area contributed by atoms with E-state index >= 15 is 0 Å². The molecule has 0 radical (unpaired) electrons. The van der Waals surface area contributed by atoms with Crippen LogP contribution in [0.1, 0.15) is 13.3 Å². The first-order chi connectivity index (χ1) is 3.68. The first-order valence-electron chi connectivity index (χ1n) is 1.98.